The average Bonchev–Trinajstić information content (AvgIpc) is 3.45. The molecule has 3 heterocycles. The van der Waals surface area contributed by atoms with Crippen molar-refractivity contribution in [3.63, 3.8) is 0 Å². The summed E-state index contributed by atoms with van der Waals surface area (Å²) in [6, 6.07) is 10.9. The summed E-state index contributed by atoms with van der Waals surface area (Å²) in [4.78, 5) is 29.8. The van der Waals surface area contributed by atoms with E-state index in [9.17, 15) is 9.59 Å². The topological polar surface area (TPSA) is 101 Å². The van der Waals surface area contributed by atoms with Gasteiger partial charge >= 0.3 is 0 Å². The Hall–Kier alpha value is -3.68. The molecule has 2 aromatic heterocycles. The van der Waals surface area contributed by atoms with E-state index >= 15 is 0 Å². The number of hydrogen-bond acceptors (Lipinski definition) is 6. The van der Waals surface area contributed by atoms with Crippen LogP contribution in [0.3, 0.4) is 0 Å². The van der Waals surface area contributed by atoms with Crippen LogP contribution in [0, 0.1) is 0 Å². The van der Waals surface area contributed by atoms with Crippen molar-refractivity contribution < 1.29 is 18.5 Å². The molecule has 8 heteroatoms. The van der Waals surface area contributed by atoms with E-state index in [4.69, 9.17) is 8.94 Å². The summed E-state index contributed by atoms with van der Waals surface area (Å²) in [7, 11) is 0. The first-order chi connectivity index (χ1) is 14.6. The van der Waals surface area contributed by atoms with Crippen molar-refractivity contribution in [1.82, 2.24) is 15.0 Å². The first-order valence-electron chi connectivity index (χ1n) is 9.80. The van der Waals surface area contributed by atoms with E-state index < -0.39 is 0 Å². The molecule has 1 aliphatic rings. The summed E-state index contributed by atoms with van der Waals surface area (Å²) in [5, 5.41) is 6.81. The van der Waals surface area contributed by atoms with Crippen molar-refractivity contribution in [2.24, 2.45) is 0 Å². The second kappa shape index (κ2) is 8.77. The Labute approximate surface area is 173 Å². The minimum atomic E-state index is -0.120. The van der Waals surface area contributed by atoms with Crippen LogP contribution < -0.4 is 5.32 Å². The molecule has 0 unspecified atom stereocenters. The van der Waals surface area contributed by atoms with Crippen LogP contribution in [0.2, 0.25) is 0 Å². The van der Waals surface area contributed by atoms with Crippen LogP contribution in [-0.4, -0.2) is 39.9 Å². The Morgan fingerprint density at radius 1 is 1.17 bits per heavy atom. The summed E-state index contributed by atoms with van der Waals surface area (Å²) in [6.45, 7) is 2.73. The fourth-order valence-corrected chi connectivity index (χ4v) is 3.42. The van der Waals surface area contributed by atoms with Crippen LogP contribution in [0.1, 0.15) is 37.3 Å². The molecule has 8 nitrogen and oxygen atoms in total. The molecule has 0 radical (unpaired) electrons. The molecule has 0 aliphatic carbocycles. The van der Waals surface area contributed by atoms with E-state index in [0.717, 1.165) is 18.4 Å². The number of amides is 2. The Kier molecular flexibility index (Phi) is 5.74. The first kappa shape index (κ1) is 19.6. The second-order valence-electron chi connectivity index (χ2n) is 7.16. The Morgan fingerprint density at radius 3 is 2.60 bits per heavy atom. The van der Waals surface area contributed by atoms with Gasteiger partial charge in [0.2, 0.25) is 23.5 Å². The van der Waals surface area contributed by atoms with Gasteiger partial charge in [-0.05, 0) is 55.3 Å². The molecule has 1 saturated heterocycles. The van der Waals surface area contributed by atoms with Crippen LogP contribution in [-0.2, 0) is 9.59 Å². The third-order valence-corrected chi connectivity index (χ3v) is 4.99. The zero-order chi connectivity index (χ0) is 20.9. The first-order valence-corrected chi connectivity index (χ1v) is 9.80. The third-order valence-electron chi connectivity index (χ3n) is 4.99. The predicted octanol–water partition coefficient (Wildman–Crippen LogP) is 3.71. The molecule has 0 atom stereocenters. The van der Waals surface area contributed by atoms with Gasteiger partial charge in [0.1, 0.15) is 5.76 Å². The van der Waals surface area contributed by atoms with Gasteiger partial charge in [0.15, 0.2) is 0 Å². The van der Waals surface area contributed by atoms with Crippen LogP contribution in [0.4, 0.5) is 5.69 Å². The lowest BCUT2D eigenvalue weighted by Crippen LogP contribution is -2.36. The minimum absolute atomic E-state index is 0.0321. The number of benzene rings is 1. The molecule has 1 N–H and O–H groups in total. The van der Waals surface area contributed by atoms with Crippen molar-refractivity contribution in [3.8, 4) is 11.4 Å². The van der Waals surface area contributed by atoms with Crippen molar-refractivity contribution in [3.05, 3.63) is 60.4 Å². The number of piperidine rings is 1. The highest BCUT2D eigenvalue weighted by Crippen LogP contribution is 2.29. The van der Waals surface area contributed by atoms with Gasteiger partial charge in [-0.2, -0.15) is 4.98 Å². The van der Waals surface area contributed by atoms with E-state index in [1.807, 2.05) is 17.0 Å². The highest BCUT2D eigenvalue weighted by atomic mass is 16.5. The number of anilines is 1. The maximum absolute atomic E-state index is 12.3. The molecule has 1 aromatic carbocycles. The molecule has 2 amide bonds. The summed E-state index contributed by atoms with van der Waals surface area (Å²) < 4.78 is 10.7. The number of hydrogen-bond donors (Lipinski definition) is 1. The zero-order valence-electron chi connectivity index (χ0n) is 16.6. The van der Waals surface area contributed by atoms with Crippen LogP contribution in [0.5, 0.6) is 0 Å². The number of nitrogens with one attached hydrogen (secondary N) is 1. The molecular formula is C22H22N4O4. The van der Waals surface area contributed by atoms with Crippen molar-refractivity contribution in [1.29, 1.82) is 0 Å². The van der Waals surface area contributed by atoms with Crippen LogP contribution in [0.15, 0.2) is 57.7 Å². The largest absolute Gasteiger partial charge is 0.465 e. The van der Waals surface area contributed by atoms with Gasteiger partial charge in [-0.3, -0.25) is 9.59 Å². The smallest absolute Gasteiger partial charge is 0.246 e. The van der Waals surface area contributed by atoms with E-state index in [2.05, 4.69) is 15.5 Å². The van der Waals surface area contributed by atoms with Gasteiger partial charge in [0.05, 0.1) is 6.26 Å². The van der Waals surface area contributed by atoms with Gasteiger partial charge in [0, 0.05) is 43.3 Å². The van der Waals surface area contributed by atoms with Crippen LogP contribution in [0.25, 0.3) is 17.5 Å². The van der Waals surface area contributed by atoms with Crippen LogP contribution >= 0.6 is 0 Å². The molecule has 0 spiro atoms. The lowest BCUT2D eigenvalue weighted by atomic mass is 9.96. The normalized spacial score (nSPS) is 14.9. The zero-order valence-corrected chi connectivity index (χ0v) is 16.6. The molecule has 0 saturated carbocycles. The number of carbonyl (C=O) groups excluding carboxylic acids is 2. The lowest BCUT2D eigenvalue weighted by molar-refractivity contribution is -0.127. The van der Waals surface area contributed by atoms with Crippen molar-refractivity contribution in [2.45, 2.75) is 25.7 Å². The lowest BCUT2D eigenvalue weighted by Gasteiger charge is -2.29. The Bertz CT molecular complexity index is 1030. The number of likely N-dealkylation sites (tertiary alicyclic amines) is 1. The molecule has 0 bridgehead atoms. The van der Waals surface area contributed by atoms with Gasteiger partial charge in [-0.25, -0.2) is 0 Å². The molecular weight excluding hydrogens is 384 g/mol. The number of nitrogens with zero attached hydrogens (tertiary/aromatic N) is 3. The highest BCUT2D eigenvalue weighted by Gasteiger charge is 2.27. The fraction of sp³-hybridized carbons (Fsp3) is 0.273. The molecule has 3 aromatic rings. The van der Waals surface area contributed by atoms with Crippen molar-refractivity contribution in [2.75, 3.05) is 18.4 Å². The maximum Gasteiger partial charge on any atom is 0.246 e. The summed E-state index contributed by atoms with van der Waals surface area (Å²) in [5.74, 6) is 1.74. The van der Waals surface area contributed by atoms with Gasteiger partial charge in [-0.15, -0.1) is 0 Å². The SMILES string of the molecule is CC(=O)Nc1ccc(-c2noc(C3CCN(C(=O)/C=C/c4ccco4)CC3)n2)cc1. The van der Waals surface area contributed by atoms with Gasteiger partial charge < -0.3 is 19.2 Å². The van der Waals surface area contributed by atoms with Gasteiger partial charge in [0.25, 0.3) is 0 Å². The summed E-state index contributed by atoms with van der Waals surface area (Å²) >= 11 is 0. The molecule has 4 rings (SSSR count). The molecule has 154 valence electrons. The standard InChI is InChI=1S/C22H22N4O4/c1-15(27)23-18-6-4-16(5-7-18)21-24-22(30-25-21)17-10-12-26(13-11-17)20(28)9-8-19-3-2-14-29-19/h2-9,14,17H,10-13H2,1H3,(H,23,27)/b9-8+. The molecule has 1 fully saturated rings. The number of rotatable bonds is 5. The fourth-order valence-electron chi connectivity index (χ4n) is 3.42. The molecule has 1 aliphatic heterocycles. The third kappa shape index (κ3) is 4.65. The molecule has 30 heavy (non-hydrogen) atoms. The van der Waals surface area contributed by atoms with E-state index in [-0.39, 0.29) is 17.7 Å². The number of aromatic nitrogens is 2. The highest BCUT2D eigenvalue weighted by molar-refractivity contribution is 5.91. The van der Waals surface area contributed by atoms with E-state index in [1.165, 1.54) is 13.0 Å². The summed E-state index contributed by atoms with van der Waals surface area (Å²) in [5.41, 5.74) is 1.53. The monoisotopic (exact) mass is 406 g/mol. The van der Waals surface area contributed by atoms with E-state index in [0.29, 0.717) is 36.3 Å². The Morgan fingerprint density at radius 2 is 1.93 bits per heavy atom. The van der Waals surface area contributed by atoms with Crippen molar-refractivity contribution >= 4 is 23.6 Å². The second-order valence-corrected chi connectivity index (χ2v) is 7.16. The maximum atomic E-state index is 12.3. The summed E-state index contributed by atoms with van der Waals surface area (Å²) in [6.07, 6.45) is 6.32. The number of carbonyl (C=O) groups is 2. The number of furan rings is 1. The quantitative estimate of drug-likeness (QED) is 0.648. The Balaban J connectivity index is 1.34. The van der Waals surface area contributed by atoms with Gasteiger partial charge in [-0.1, -0.05) is 5.16 Å². The van der Waals surface area contributed by atoms with E-state index in [1.54, 1.807) is 36.6 Å². The average molecular weight is 406 g/mol. The minimum Gasteiger partial charge on any atom is -0.465 e. The predicted molar refractivity (Wildman–Crippen MR) is 110 cm³/mol.